The second-order valence-corrected chi connectivity index (χ2v) is 4.33. The number of hydrogen-bond acceptors (Lipinski definition) is 1. The molecule has 1 heteroatoms. The maximum Gasteiger partial charge on any atom is 0.00750 e. The Morgan fingerprint density at radius 2 is 1.73 bits per heavy atom. The van der Waals surface area contributed by atoms with Gasteiger partial charge in [-0.1, -0.05) is 38.1 Å². The molecule has 0 aromatic heterocycles. The van der Waals surface area contributed by atoms with Gasteiger partial charge < -0.3 is 5.32 Å². The molecular weight excluding hydrogens is 182 g/mol. The van der Waals surface area contributed by atoms with Crippen molar-refractivity contribution in [1.82, 2.24) is 5.32 Å². The number of aryl methyl sites for hydroxylation is 1. The molecule has 1 N–H and O–H groups in total. The topological polar surface area (TPSA) is 12.0 Å². The van der Waals surface area contributed by atoms with Crippen LogP contribution in [0.15, 0.2) is 24.3 Å². The summed E-state index contributed by atoms with van der Waals surface area (Å²) in [5.74, 6) is 0. The van der Waals surface area contributed by atoms with Gasteiger partial charge in [0.15, 0.2) is 0 Å². The van der Waals surface area contributed by atoms with E-state index in [0.717, 1.165) is 6.54 Å². The van der Waals surface area contributed by atoms with Crippen molar-refractivity contribution >= 4 is 0 Å². The Morgan fingerprint density at radius 1 is 1.13 bits per heavy atom. The zero-order chi connectivity index (χ0) is 11.3. The van der Waals surface area contributed by atoms with E-state index in [9.17, 15) is 0 Å². The second kappa shape index (κ2) is 5.32. The maximum atomic E-state index is 3.34. The number of likely N-dealkylation sites (N-methyl/N-ethyl adjacent to an activating group) is 1. The summed E-state index contributed by atoms with van der Waals surface area (Å²) in [7, 11) is 2.04. The minimum absolute atomic E-state index is 0.306. The second-order valence-electron chi connectivity index (χ2n) is 4.33. The smallest absolute Gasteiger partial charge is 0.00750 e. The molecule has 0 atom stereocenters. The van der Waals surface area contributed by atoms with Crippen molar-refractivity contribution in [3.8, 4) is 0 Å². The summed E-state index contributed by atoms with van der Waals surface area (Å²) >= 11 is 0. The normalized spacial score (nSPS) is 11.7. The van der Waals surface area contributed by atoms with Crippen molar-refractivity contribution in [2.75, 3.05) is 13.6 Å². The average molecular weight is 205 g/mol. The van der Waals surface area contributed by atoms with Crippen LogP contribution in [0.5, 0.6) is 0 Å². The van der Waals surface area contributed by atoms with Crippen molar-refractivity contribution < 1.29 is 0 Å². The average Bonchev–Trinajstić information content (AvgIpc) is 2.27. The molecule has 15 heavy (non-hydrogen) atoms. The molecule has 84 valence electrons. The highest BCUT2D eigenvalue weighted by Gasteiger charge is 2.28. The van der Waals surface area contributed by atoms with Crippen LogP contribution in [0, 0.1) is 6.92 Å². The van der Waals surface area contributed by atoms with E-state index >= 15 is 0 Å². The minimum atomic E-state index is 0.306. The molecule has 0 aliphatic heterocycles. The molecule has 0 fully saturated rings. The third-order valence-electron chi connectivity index (χ3n) is 3.59. The van der Waals surface area contributed by atoms with Crippen LogP contribution in [-0.2, 0) is 5.41 Å². The fourth-order valence-corrected chi connectivity index (χ4v) is 2.48. The molecule has 0 radical (unpaired) electrons. The fourth-order valence-electron chi connectivity index (χ4n) is 2.48. The Bertz CT molecular complexity index is 300. The molecule has 1 rings (SSSR count). The quantitative estimate of drug-likeness (QED) is 0.778. The molecule has 0 aliphatic carbocycles. The van der Waals surface area contributed by atoms with Crippen molar-refractivity contribution in [2.45, 2.75) is 39.0 Å². The van der Waals surface area contributed by atoms with Crippen molar-refractivity contribution in [3.05, 3.63) is 35.4 Å². The van der Waals surface area contributed by atoms with Crippen LogP contribution < -0.4 is 5.32 Å². The highest BCUT2D eigenvalue weighted by atomic mass is 14.8. The van der Waals surface area contributed by atoms with Gasteiger partial charge in [0.25, 0.3) is 0 Å². The molecule has 0 saturated heterocycles. The molecule has 0 unspecified atom stereocenters. The molecule has 0 saturated carbocycles. The van der Waals surface area contributed by atoms with Gasteiger partial charge >= 0.3 is 0 Å². The first kappa shape index (κ1) is 12.3. The molecule has 0 bridgehead atoms. The number of hydrogen-bond donors (Lipinski definition) is 1. The highest BCUT2D eigenvalue weighted by molar-refractivity contribution is 5.33. The predicted molar refractivity (Wildman–Crippen MR) is 67.4 cm³/mol. The lowest BCUT2D eigenvalue weighted by molar-refractivity contribution is 0.379. The summed E-state index contributed by atoms with van der Waals surface area (Å²) in [4.78, 5) is 0. The summed E-state index contributed by atoms with van der Waals surface area (Å²) in [6, 6.07) is 8.76. The zero-order valence-corrected chi connectivity index (χ0v) is 10.4. The first-order chi connectivity index (χ1) is 7.20. The van der Waals surface area contributed by atoms with E-state index in [-0.39, 0.29) is 0 Å². The Hall–Kier alpha value is -0.820. The van der Waals surface area contributed by atoms with Gasteiger partial charge in [0.1, 0.15) is 0 Å². The van der Waals surface area contributed by atoms with E-state index in [2.05, 4.69) is 50.4 Å². The molecule has 1 aromatic carbocycles. The van der Waals surface area contributed by atoms with Crippen LogP contribution in [0.4, 0.5) is 0 Å². The fraction of sp³-hybridized carbons (Fsp3) is 0.571. The summed E-state index contributed by atoms with van der Waals surface area (Å²) in [6.45, 7) is 7.84. The van der Waals surface area contributed by atoms with Crippen LogP contribution in [0.1, 0.15) is 37.8 Å². The van der Waals surface area contributed by atoms with Gasteiger partial charge in [-0.3, -0.25) is 0 Å². The Balaban J connectivity index is 3.13. The third kappa shape index (κ3) is 2.40. The van der Waals surface area contributed by atoms with Crippen LogP contribution >= 0.6 is 0 Å². The van der Waals surface area contributed by atoms with Crippen molar-refractivity contribution in [2.24, 2.45) is 0 Å². The summed E-state index contributed by atoms with van der Waals surface area (Å²) in [5, 5.41) is 3.34. The Kier molecular flexibility index (Phi) is 4.34. The van der Waals surface area contributed by atoms with E-state index in [4.69, 9.17) is 0 Å². The number of rotatable bonds is 5. The van der Waals surface area contributed by atoms with Crippen LogP contribution in [0.2, 0.25) is 0 Å². The summed E-state index contributed by atoms with van der Waals surface area (Å²) < 4.78 is 0. The van der Waals surface area contributed by atoms with Crippen molar-refractivity contribution in [1.29, 1.82) is 0 Å². The lowest BCUT2D eigenvalue weighted by Crippen LogP contribution is -2.36. The van der Waals surface area contributed by atoms with Crippen LogP contribution in [0.25, 0.3) is 0 Å². The molecule has 1 aromatic rings. The third-order valence-corrected chi connectivity index (χ3v) is 3.59. The SMILES string of the molecule is CCC(CC)(CNC)c1ccccc1C. The maximum absolute atomic E-state index is 3.34. The van der Waals surface area contributed by atoms with E-state index < -0.39 is 0 Å². The largest absolute Gasteiger partial charge is 0.319 e. The van der Waals surface area contributed by atoms with E-state index in [1.807, 2.05) is 7.05 Å². The summed E-state index contributed by atoms with van der Waals surface area (Å²) in [6.07, 6.45) is 2.38. The Morgan fingerprint density at radius 3 is 2.20 bits per heavy atom. The zero-order valence-electron chi connectivity index (χ0n) is 10.4. The van der Waals surface area contributed by atoms with E-state index in [0.29, 0.717) is 5.41 Å². The molecule has 0 heterocycles. The lowest BCUT2D eigenvalue weighted by atomic mass is 9.74. The standard InChI is InChI=1S/C14H23N/c1-5-14(6-2,11-15-4)13-10-8-7-9-12(13)3/h7-10,15H,5-6,11H2,1-4H3. The van der Waals surface area contributed by atoms with E-state index in [1.165, 1.54) is 24.0 Å². The molecular formula is C14H23N. The number of benzene rings is 1. The van der Waals surface area contributed by atoms with Gasteiger partial charge in [0.2, 0.25) is 0 Å². The van der Waals surface area contributed by atoms with Crippen molar-refractivity contribution in [3.63, 3.8) is 0 Å². The first-order valence-corrected chi connectivity index (χ1v) is 5.91. The van der Waals surface area contributed by atoms with Crippen LogP contribution in [-0.4, -0.2) is 13.6 Å². The summed E-state index contributed by atoms with van der Waals surface area (Å²) in [5.41, 5.74) is 3.22. The lowest BCUT2D eigenvalue weighted by Gasteiger charge is -2.33. The first-order valence-electron chi connectivity index (χ1n) is 5.91. The molecule has 0 aliphatic rings. The van der Waals surface area contributed by atoms with Crippen LogP contribution in [0.3, 0.4) is 0 Å². The van der Waals surface area contributed by atoms with Gasteiger partial charge in [-0.15, -0.1) is 0 Å². The monoisotopic (exact) mass is 205 g/mol. The minimum Gasteiger partial charge on any atom is -0.319 e. The molecule has 0 amide bonds. The van der Waals surface area contributed by atoms with Gasteiger partial charge in [-0.25, -0.2) is 0 Å². The Labute approximate surface area is 93.9 Å². The number of nitrogens with one attached hydrogen (secondary N) is 1. The van der Waals surface area contributed by atoms with Gasteiger partial charge in [-0.05, 0) is 37.9 Å². The molecule has 0 spiro atoms. The van der Waals surface area contributed by atoms with Gasteiger partial charge in [-0.2, -0.15) is 0 Å². The molecule has 1 nitrogen and oxygen atoms in total. The van der Waals surface area contributed by atoms with Gasteiger partial charge in [0, 0.05) is 12.0 Å². The predicted octanol–water partition coefficient (Wildman–Crippen LogP) is 3.27. The highest BCUT2D eigenvalue weighted by Crippen LogP contribution is 2.32. The van der Waals surface area contributed by atoms with Gasteiger partial charge in [0.05, 0.1) is 0 Å². The van der Waals surface area contributed by atoms with E-state index in [1.54, 1.807) is 0 Å².